The lowest BCUT2D eigenvalue weighted by Gasteiger charge is -2.11. The molecule has 4 heteroatoms. The van der Waals surface area contributed by atoms with Gasteiger partial charge in [0.2, 0.25) is 0 Å². The number of nitrogens with one attached hydrogen (secondary N) is 1. The molecule has 1 N–H and O–H groups in total. The minimum Gasteiger partial charge on any atom is -0.488 e. The van der Waals surface area contributed by atoms with Crippen LogP contribution in [0.5, 0.6) is 5.75 Å². The van der Waals surface area contributed by atoms with Crippen LogP contribution in [-0.4, -0.2) is 23.6 Å². The van der Waals surface area contributed by atoms with Crippen molar-refractivity contribution in [2.45, 2.75) is 18.9 Å². The molecule has 0 bridgehead atoms. The first kappa shape index (κ1) is 12.1. The molecule has 1 atom stereocenters. The zero-order valence-electron chi connectivity index (χ0n) is 9.01. The average molecular weight is 335 g/mol. The van der Waals surface area contributed by atoms with E-state index in [1.165, 1.54) is 16.9 Å². The standard InChI is InChI=1S/C12H15FINO/c13-10-2-3-12-9(6-10)7-11(16-12)8-15-5-1-4-14/h2-3,6,11,15H,1,4-5,7-8H2. The summed E-state index contributed by atoms with van der Waals surface area (Å²) in [4.78, 5) is 0. The van der Waals surface area contributed by atoms with Gasteiger partial charge in [0.05, 0.1) is 0 Å². The van der Waals surface area contributed by atoms with Gasteiger partial charge in [0, 0.05) is 23.0 Å². The Morgan fingerprint density at radius 1 is 1.50 bits per heavy atom. The molecule has 0 saturated heterocycles. The molecule has 0 amide bonds. The van der Waals surface area contributed by atoms with Gasteiger partial charge in [-0.3, -0.25) is 0 Å². The summed E-state index contributed by atoms with van der Waals surface area (Å²) in [7, 11) is 0. The molecule has 1 heterocycles. The van der Waals surface area contributed by atoms with Crippen molar-refractivity contribution in [1.82, 2.24) is 5.32 Å². The predicted octanol–water partition coefficient (Wildman–Crippen LogP) is 2.54. The highest BCUT2D eigenvalue weighted by Gasteiger charge is 2.22. The predicted molar refractivity (Wildman–Crippen MR) is 70.9 cm³/mol. The van der Waals surface area contributed by atoms with Crippen LogP contribution in [0.15, 0.2) is 18.2 Å². The molecule has 1 aliphatic rings. The number of benzene rings is 1. The van der Waals surface area contributed by atoms with Crippen molar-refractivity contribution in [3.05, 3.63) is 29.6 Å². The molecule has 1 aromatic carbocycles. The molecular weight excluding hydrogens is 320 g/mol. The van der Waals surface area contributed by atoms with Crippen molar-refractivity contribution >= 4 is 22.6 Å². The molecule has 2 nitrogen and oxygen atoms in total. The molecule has 2 rings (SSSR count). The second kappa shape index (κ2) is 5.82. The number of hydrogen-bond acceptors (Lipinski definition) is 2. The molecule has 1 aliphatic heterocycles. The second-order valence-corrected chi connectivity index (χ2v) is 5.02. The van der Waals surface area contributed by atoms with E-state index in [2.05, 4.69) is 27.9 Å². The third-order valence-electron chi connectivity index (χ3n) is 2.62. The maximum atomic E-state index is 13.0. The van der Waals surface area contributed by atoms with Crippen LogP contribution in [0, 0.1) is 5.82 Å². The first-order chi connectivity index (χ1) is 7.79. The summed E-state index contributed by atoms with van der Waals surface area (Å²) in [5.41, 5.74) is 0.987. The monoisotopic (exact) mass is 335 g/mol. The van der Waals surface area contributed by atoms with Gasteiger partial charge < -0.3 is 10.1 Å². The van der Waals surface area contributed by atoms with Gasteiger partial charge in [-0.15, -0.1) is 0 Å². The Kier molecular flexibility index (Phi) is 4.40. The maximum Gasteiger partial charge on any atom is 0.123 e. The van der Waals surface area contributed by atoms with Crippen LogP contribution in [0.1, 0.15) is 12.0 Å². The van der Waals surface area contributed by atoms with Gasteiger partial charge in [-0.05, 0) is 31.2 Å². The molecule has 1 aromatic rings. The number of ether oxygens (including phenoxy) is 1. The molecule has 16 heavy (non-hydrogen) atoms. The Balaban J connectivity index is 1.81. The highest BCUT2D eigenvalue weighted by molar-refractivity contribution is 14.1. The van der Waals surface area contributed by atoms with E-state index in [9.17, 15) is 4.39 Å². The lowest BCUT2D eigenvalue weighted by Crippen LogP contribution is -2.30. The third kappa shape index (κ3) is 3.07. The van der Waals surface area contributed by atoms with E-state index in [0.717, 1.165) is 30.8 Å². The van der Waals surface area contributed by atoms with Crippen molar-refractivity contribution in [3.63, 3.8) is 0 Å². The minimum absolute atomic E-state index is 0.158. The van der Waals surface area contributed by atoms with E-state index in [4.69, 9.17) is 4.74 Å². The third-order valence-corrected chi connectivity index (χ3v) is 3.39. The number of halogens is 2. The largest absolute Gasteiger partial charge is 0.488 e. The summed E-state index contributed by atoms with van der Waals surface area (Å²) >= 11 is 2.37. The molecular formula is C12H15FINO. The fourth-order valence-corrected chi connectivity index (χ4v) is 2.24. The zero-order chi connectivity index (χ0) is 11.4. The fraction of sp³-hybridized carbons (Fsp3) is 0.500. The Morgan fingerprint density at radius 3 is 3.19 bits per heavy atom. The normalized spacial score (nSPS) is 18.2. The second-order valence-electron chi connectivity index (χ2n) is 3.94. The summed E-state index contributed by atoms with van der Waals surface area (Å²) < 4.78 is 19.8. The Bertz CT molecular complexity index is 359. The van der Waals surface area contributed by atoms with Crippen LogP contribution in [0.2, 0.25) is 0 Å². The zero-order valence-corrected chi connectivity index (χ0v) is 11.2. The van der Waals surface area contributed by atoms with Crippen LogP contribution in [-0.2, 0) is 6.42 Å². The van der Waals surface area contributed by atoms with Crippen LogP contribution in [0.25, 0.3) is 0 Å². The van der Waals surface area contributed by atoms with Crippen LogP contribution in [0.3, 0.4) is 0 Å². The van der Waals surface area contributed by atoms with E-state index in [0.29, 0.717) is 0 Å². The van der Waals surface area contributed by atoms with E-state index >= 15 is 0 Å². The molecule has 0 aromatic heterocycles. The molecule has 0 fully saturated rings. The Hall–Kier alpha value is -0.360. The van der Waals surface area contributed by atoms with E-state index < -0.39 is 0 Å². The maximum absolute atomic E-state index is 13.0. The number of alkyl halides is 1. The molecule has 0 aliphatic carbocycles. The molecule has 1 unspecified atom stereocenters. The number of fused-ring (bicyclic) bond motifs is 1. The van der Waals surface area contributed by atoms with Gasteiger partial charge in [-0.2, -0.15) is 0 Å². The van der Waals surface area contributed by atoms with Crippen molar-refractivity contribution in [1.29, 1.82) is 0 Å². The van der Waals surface area contributed by atoms with Crippen molar-refractivity contribution in [2.24, 2.45) is 0 Å². The van der Waals surface area contributed by atoms with Crippen molar-refractivity contribution in [3.8, 4) is 5.75 Å². The highest BCUT2D eigenvalue weighted by atomic mass is 127. The van der Waals surface area contributed by atoms with E-state index in [-0.39, 0.29) is 11.9 Å². The van der Waals surface area contributed by atoms with E-state index in [1.807, 2.05) is 0 Å². The summed E-state index contributed by atoms with van der Waals surface area (Å²) in [6.45, 7) is 1.86. The van der Waals surface area contributed by atoms with Gasteiger partial charge >= 0.3 is 0 Å². The minimum atomic E-state index is -0.180. The lowest BCUT2D eigenvalue weighted by atomic mass is 10.1. The average Bonchev–Trinajstić information content (AvgIpc) is 2.66. The van der Waals surface area contributed by atoms with Gasteiger partial charge in [-0.25, -0.2) is 4.39 Å². The summed E-state index contributed by atoms with van der Waals surface area (Å²) in [6, 6.07) is 4.74. The SMILES string of the molecule is Fc1ccc2c(c1)CC(CNCCCI)O2. The summed E-state index contributed by atoms with van der Waals surface area (Å²) in [6.07, 6.45) is 2.14. The van der Waals surface area contributed by atoms with Gasteiger partial charge in [0.15, 0.2) is 0 Å². The van der Waals surface area contributed by atoms with Gasteiger partial charge in [-0.1, -0.05) is 22.6 Å². The Morgan fingerprint density at radius 2 is 2.38 bits per heavy atom. The van der Waals surface area contributed by atoms with Crippen LogP contribution in [0.4, 0.5) is 4.39 Å². The Labute approximate surface area is 109 Å². The van der Waals surface area contributed by atoms with Crippen molar-refractivity contribution in [2.75, 3.05) is 17.5 Å². The number of hydrogen-bond donors (Lipinski definition) is 1. The topological polar surface area (TPSA) is 21.3 Å². The quantitative estimate of drug-likeness (QED) is 0.507. The van der Waals surface area contributed by atoms with Crippen LogP contribution >= 0.6 is 22.6 Å². The highest BCUT2D eigenvalue weighted by Crippen LogP contribution is 2.28. The summed E-state index contributed by atoms with van der Waals surface area (Å²) in [5, 5.41) is 3.35. The fourth-order valence-electron chi connectivity index (χ4n) is 1.86. The molecule has 0 spiro atoms. The van der Waals surface area contributed by atoms with Crippen LogP contribution < -0.4 is 10.1 Å². The molecule has 88 valence electrons. The van der Waals surface area contributed by atoms with Crippen molar-refractivity contribution < 1.29 is 9.13 Å². The number of rotatable bonds is 5. The molecule has 0 saturated carbocycles. The first-order valence-electron chi connectivity index (χ1n) is 5.51. The summed E-state index contributed by atoms with van der Waals surface area (Å²) in [5.74, 6) is 0.656. The van der Waals surface area contributed by atoms with Gasteiger partial charge in [0.25, 0.3) is 0 Å². The lowest BCUT2D eigenvalue weighted by molar-refractivity contribution is 0.228. The first-order valence-corrected chi connectivity index (χ1v) is 7.04. The van der Waals surface area contributed by atoms with E-state index in [1.54, 1.807) is 12.1 Å². The smallest absolute Gasteiger partial charge is 0.123 e. The van der Waals surface area contributed by atoms with Gasteiger partial charge in [0.1, 0.15) is 17.7 Å². The molecule has 0 radical (unpaired) electrons.